The van der Waals surface area contributed by atoms with E-state index in [1.807, 2.05) is 29.5 Å². The molecule has 2 aromatic rings. The Morgan fingerprint density at radius 1 is 1.30 bits per heavy atom. The van der Waals surface area contributed by atoms with E-state index in [9.17, 15) is 9.18 Å². The third-order valence-electron chi connectivity index (χ3n) is 4.64. The third kappa shape index (κ3) is 3.11. The number of benzene rings is 1. The molecule has 1 amide bonds. The lowest BCUT2D eigenvalue weighted by Crippen LogP contribution is -2.47. The first-order valence-corrected chi connectivity index (χ1v) is 7.88. The van der Waals surface area contributed by atoms with Crippen molar-refractivity contribution in [2.75, 3.05) is 13.1 Å². The van der Waals surface area contributed by atoms with Gasteiger partial charge in [-0.05, 0) is 44.4 Å². The number of carbonyl (C=O) groups is 1. The van der Waals surface area contributed by atoms with Crippen LogP contribution in [0.4, 0.5) is 4.39 Å². The zero-order chi connectivity index (χ0) is 16.4. The normalized spacial score (nSPS) is 16.6. The average molecular weight is 316 g/mol. The number of likely N-dealkylation sites (tertiary alicyclic amines) is 1. The summed E-state index contributed by atoms with van der Waals surface area (Å²) in [6, 6.07) is 6.59. The van der Waals surface area contributed by atoms with Crippen LogP contribution in [0.5, 0.6) is 0 Å². The van der Waals surface area contributed by atoms with Crippen LogP contribution in [0.3, 0.4) is 0 Å². The molecule has 23 heavy (non-hydrogen) atoms. The van der Waals surface area contributed by atoms with Crippen molar-refractivity contribution in [3.8, 4) is 0 Å². The zero-order valence-electron chi connectivity index (χ0n) is 13.4. The minimum absolute atomic E-state index is 0.0418. The standard InChI is InChI=1S/C17H21FN4O/c1-17(2,13-4-3-5-14(18)10-13)16(23)21-8-6-15(7-9-21)22-12-19-11-20-22/h3-5,10-12,15H,6-9H2,1-2H3. The number of nitrogens with zero attached hydrogens (tertiary/aromatic N) is 4. The first-order valence-electron chi connectivity index (χ1n) is 7.88. The number of halogens is 1. The lowest BCUT2D eigenvalue weighted by atomic mass is 9.82. The molecule has 3 rings (SSSR count). The molecule has 0 N–H and O–H groups in total. The largest absolute Gasteiger partial charge is 0.342 e. The molecule has 1 fully saturated rings. The van der Waals surface area contributed by atoms with E-state index >= 15 is 0 Å². The van der Waals surface area contributed by atoms with E-state index in [1.54, 1.807) is 12.4 Å². The Labute approximate surface area is 135 Å². The Kier molecular flexibility index (Phi) is 4.15. The van der Waals surface area contributed by atoms with Crippen molar-refractivity contribution in [1.82, 2.24) is 19.7 Å². The van der Waals surface area contributed by atoms with Gasteiger partial charge in [0.15, 0.2) is 0 Å². The summed E-state index contributed by atoms with van der Waals surface area (Å²) in [5.74, 6) is -0.270. The number of amides is 1. The second-order valence-electron chi connectivity index (χ2n) is 6.53. The topological polar surface area (TPSA) is 51.0 Å². The summed E-state index contributed by atoms with van der Waals surface area (Å²) in [7, 11) is 0. The molecule has 6 heteroatoms. The monoisotopic (exact) mass is 316 g/mol. The molecule has 1 aliphatic rings. The van der Waals surface area contributed by atoms with E-state index in [0.717, 1.165) is 12.8 Å². The van der Waals surface area contributed by atoms with Crippen LogP contribution in [0.2, 0.25) is 0 Å². The molecule has 0 radical (unpaired) electrons. The van der Waals surface area contributed by atoms with Crippen molar-refractivity contribution < 1.29 is 9.18 Å². The molecule has 1 aliphatic heterocycles. The average Bonchev–Trinajstić information content (AvgIpc) is 3.09. The van der Waals surface area contributed by atoms with Gasteiger partial charge in [0.25, 0.3) is 0 Å². The van der Waals surface area contributed by atoms with Crippen molar-refractivity contribution in [3.05, 3.63) is 48.3 Å². The molecule has 5 nitrogen and oxygen atoms in total. The highest BCUT2D eigenvalue weighted by atomic mass is 19.1. The fourth-order valence-electron chi connectivity index (χ4n) is 3.14. The predicted molar refractivity (Wildman–Crippen MR) is 84.3 cm³/mol. The molecule has 1 saturated heterocycles. The van der Waals surface area contributed by atoms with Gasteiger partial charge in [-0.25, -0.2) is 14.1 Å². The van der Waals surface area contributed by atoms with Crippen molar-refractivity contribution in [2.24, 2.45) is 0 Å². The van der Waals surface area contributed by atoms with Crippen LogP contribution in [0.15, 0.2) is 36.9 Å². The summed E-state index contributed by atoms with van der Waals surface area (Å²) in [4.78, 5) is 18.7. The highest BCUT2D eigenvalue weighted by molar-refractivity contribution is 5.87. The van der Waals surface area contributed by atoms with Gasteiger partial charge in [-0.1, -0.05) is 12.1 Å². The summed E-state index contributed by atoms with van der Waals surface area (Å²) in [6.45, 7) is 5.07. The Bertz CT molecular complexity index is 676. The molecule has 0 saturated carbocycles. The van der Waals surface area contributed by atoms with Crippen LogP contribution in [0.25, 0.3) is 0 Å². The van der Waals surface area contributed by atoms with Crippen molar-refractivity contribution in [2.45, 2.75) is 38.1 Å². The number of hydrogen-bond donors (Lipinski definition) is 0. The van der Waals surface area contributed by atoms with E-state index in [0.29, 0.717) is 24.7 Å². The van der Waals surface area contributed by atoms with Crippen molar-refractivity contribution in [1.29, 1.82) is 0 Å². The molecule has 0 bridgehead atoms. The van der Waals surface area contributed by atoms with Gasteiger partial charge < -0.3 is 4.90 Å². The first-order chi connectivity index (χ1) is 11.0. The first kappa shape index (κ1) is 15.6. The SMILES string of the molecule is CC(C)(C(=O)N1CCC(n2cncn2)CC1)c1cccc(F)c1. The van der Waals surface area contributed by atoms with E-state index in [4.69, 9.17) is 0 Å². The van der Waals surface area contributed by atoms with Gasteiger partial charge in [0.05, 0.1) is 11.5 Å². The van der Waals surface area contributed by atoms with Gasteiger partial charge in [-0.15, -0.1) is 0 Å². The zero-order valence-corrected chi connectivity index (χ0v) is 13.4. The highest BCUT2D eigenvalue weighted by Gasteiger charge is 2.36. The summed E-state index contributed by atoms with van der Waals surface area (Å²) < 4.78 is 15.3. The van der Waals surface area contributed by atoms with Gasteiger partial charge in [-0.2, -0.15) is 5.10 Å². The van der Waals surface area contributed by atoms with E-state index < -0.39 is 5.41 Å². The molecule has 0 aliphatic carbocycles. The van der Waals surface area contributed by atoms with Crippen molar-refractivity contribution in [3.63, 3.8) is 0 Å². The Morgan fingerprint density at radius 3 is 2.65 bits per heavy atom. The van der Waals surface area contributed by atoms with Crippen LogP contribution in [-0.2, 0) is 10.2 Å². The molecular formula is C17H21FN4O. The fraction of sp³-hybridized carbons (Fsp3) is 0.471. The minimum atomic E-state index is -0.734. The Morgan fingerprint density at radius 2 is 2.04 bits per heavy atom. The lowest BCUT2D eigenvalue weighted by molar-refractivity contribution is -0.137. The second kappa shape index (κ2) is 6.10. The predicted octanol–water partition coefficient (Wildman–Crippen LogP) is 2.56. The Balaban J connectivity index is 1.69. The smallest absolute Gasteiger partial charge is 0.232 e. The Hall–Kier alpha value is -2.24. The summed E-state index contributed by atoms with van der Waals surface area (Å²) in [5.41, 5.74) is -0.0248. The number of carbonyl (C=O) groups excluding carboxylic acids is 1. The number of aromatic nitrogens is 3. The number of piperidine rings is 1. The van der Waals surface area contributed by atoms with Gasteiger partial charge in [0.1, 0.15) is 18.5 Å². The molecule has 0 atom stereocenters. The summed E-state index contributed by atoms with van der Waals surface area (Å²) in [5, 5.41) is 4.18. The van der Waals surface area contributed by atoms with Gasteiger partial charge in [0, 0.05) is 13.1 Å². The maximum Gasteiger partial charge on any atom is 0.232 e. The summed E-state index contributed by atoms with van der Waals surface area (Å²) in [6.07, 6.45) is 4.96. The minimum Gasteiger partial charge on any atom is -0.342 e. The number of rotatable bonds is 3. The molecule has 122 valence electrons. The van der Waals surface area contributed by atoms with Crippen LogP contribution < -0.4 is 0 Å². The molecule has 0 spiro atoms. The van der Waals surface area contributed by atoms with E-state index in [2.05, 4.69) is 10.1 Å². The van der Waals surface area contributed by atoms with Gasteiger partial charge in [0.2, 0.25) is 5.91 Å². The summed E-state index contributed by atoms with van der Waals surface area (Å²) >= 11 is 0. The van der Waals surface area contributed by atoms with Gasteiger partial charge >= 0.3 is 0 Å². The molecule has 0 unspecified atom stereocenters. The van der Waals surface area contributed by atoms with Gasteiger partial charge in [-0.3, -0.25) is 4.79 Å². The molecule has 1 aromatic carbocycles. The van der Waals surface area contributed by atoms with Crippen LogP contribution in [-0.4, -0.2) is 38.7 Å². The van der Waals surface area contributed by atoms with E-state index in [1.165, 1.54) is 18.5 Å². The molecule has 2 heterocycles. The quantitative estimate of drug-likeness (QED) is 0.874. The second-order valence-corrected chi connectivity index (χ2v) is 6.53. The molecule has 1 aromatic heterocycles. The van der Waals surface area contributed by atoms with Crippen LogP contribution in [0, 0.1) is 5.82 Å². The molecular weight excluding hydrogens is 295 g/mol. The number of hydrogen-bond acceptors (Lipinski definition) is 3. The van der Waals surface area contributed by atoms with Crippen molar-refractivity contribution >= 4 is 5.91 Å². The maximum absolute atomic E-state index is 13.5. The van der Waals surface area contributed by atoms with Crippen LogP contribution in [0.1, 0.15) is 38.3 Å². The lowest BCUT2D eigenvalue weighted by Gasteiger charge is -2.37. The maximum atomic E-state index is 13.5. The third-order valence-corrected chi connectivity index (χ3v) is 4.64. The fourth-order valence-corrected chi connectivity index (χ4v) is 3.14. The highest BCUT2D eigenvalue weighted by Crippen LogP contribution is 2.29. The van der Waals surface area contributed by atoms with Crippen LogP contribution >= 0.6 is 0 Å². The van der Waals surface area contributed by atoms with E-state index in [-0.39, 0.29) is 11.7 Å².